The predicted molar refractivity (Wildman–Crippen MR) is 165 cm³/mol. The number of benzene rings is 3. The lowest BCUT2D eigenvalue weighted by atomic mass is 9.97. The third kappa shape index (κ3) is 6.19. The van der Waals surface area contributed by atoms with E-state index in [4.69, 9.17) is 18.9 Å². The number of methoxy groups -OCH3 is 1. The molecule has 3 aromatic carbocycles. The van der Waals surface area contributed by atoms with Gasteiger partial charge in [-0.2, -0.15) is 0 Å². The number of hydrogen-bond acceptors (Lipinski definition) is 8. The Morgan fingerprint density at radius 3 is 2.43 bits per heavy atom. The van der Waals surface area contributed by atoms with Crippen molar-refractivity contribution in [2.24, 2.45) is 4.99 Å². The molecular formula is C32H29BrN2O6S. The number of aromatic nitrogens is 1. The summed E-state index contributed by atoms with van der Waals surface area (Å²) >= 11 is 4.84. The molecule has 0 amide bonds. The fourth-order valence-electron chi connectivity index (χ4n) is 4.60. The van der Waals surface area contributed by atoms with Crippen molar-refractivity contribution in [3.8, 4) is 17.2 Å². The minimum absolute atomic E-state index is 0.241. The van der Waals surface area contributed by atoms with Crippen molar-refractivity contribution in [1.82, 2.24) is 4.57 Å². The molecule has 216 valence electrons. The Bertz CT molecular complexity index is 1810. The zero-order valence-corrected chi connectivity index (χ0v) is 25.7. The molecule has 1 aliphatic heterocycles. The summed E-state index contributed by atoms with van der Waals surface area (Å²) in [4.78, 5) is 31.6. The molecule has 1 atom stereocenters. The SMILES string of the molecule is CCOc1ccc([C@@H]2C(C(=O)OC)=CN=c3s/c(=C\c4ccc(OCc5ccccc5)c(Br)c4)c(=O)n32)cc1OCC. The highest BCUT2D eigenvalue weighted by Crippen LogP contribution is 2.35. The maximum atomic E-state index is 13.9. The number of carbonyl (C=O) groups excluding carboxylic acids is 1. The van der Waals surface area contributed by atoms with Gasteiger partial charge in [0.05, 0.1) is 40.9 Å². The molecule has 0 radical (unpaired) electrons. The summed E-state index contributed by atoms with van der Waals surface area (Å²) in [5, 5.41) is 0. The minimum Gasteiger partial charge on any atom is -0.490 e. The second-order valence-corrected chi connectivity index (χ2v) is 11.1. The molecule has 5 rings (SSSR count). The van der Waals surface area contributed by atoms with E-state index >= 15 is 0 Å². The third-order valence-corrected chi connectivity index (χ3v) is 8.12. The standard InChI is InChI=1S/C32H29BrN2O6S/c1-4-39-26-14-12-22(17-27(26)40-5-2)29-23(31(37)38-3)18-34-32-35(29)30(36)28(42-32)16-21-11-13-25(24(33)15-21)41-19-20-9-7-6-8-10-20/h6-18,29H,4-5,19H2,1-3H3/b28-16-/t29-/m1/s1. The van der Waals surface area contributed by atoms with E-state index in [1.54, 1.807) is 18.2 Å². The molecule has 0 unspecified atom stereocenters. The molecule has 0 N–H and O–H groups in total. The number of fused-ring (bicyclic) bond motifs is 1. The minimum atomic E-state index is -0.758. The van der Waals surface area contributed by atoms with Gasteiger partial charge in [-0.05, 0) is 76.8 Å². The van der Waals surface area contributed by atoms with Gasteiger partial charge in [0.2, 0.25) is 0 Å². The van der Waals surface area contributed by atoms with Crippen LogP contribution in [0.15, 0.2) is 92.8 Å². The Hall–Kier alpha value is -4.15. The van der Waals surface area contributed by atoms with Gasteiger partial charge in [-0.1, -0.05) is 53.8 Å². The first-order valence-corrected chi connectivity index (χ1v) is 15.0. The van der Waals surface area contributed by atoms with Crippen molar-refractivity contribution in [3.63, 3.8) is 0 Å². The molecule has 42 heavy (non-hydrogen) atoms. The van der Waals surface area contributed by atoms with Crippen molar-refractivity contribution in [2.45, 2.75) is 26.5 Å². The van der Waals surface area contributed by atoms with Gasteiger partial charge >= 0.3 is 5.97 Å². The van der Waals surface area contributed by atoms with Crippen LogP contribution in [0.25, 0.3) is 6.08 Å². The van der Waals surface area contributed by atoms with Crippen LogP contribution in [0.4, 0.5) is 0 Å². The van der Waals surface area contributed by atoms with Crippen LogP contribution in [0.5, 0.6) is 17.2 Å². The zero-order chi connectivity index (χ0) is 29.6. The van der Waals surface area contributed by atoms with Gasteiger partial charge in [0.15, 0.2) is 16.3 Å². The first-order chi connectivity index (χ1) is 20.4. The van der Waals surface area contributed by atoms with Crippen LogP contribution in [-0.2, 0) is 16.1 Å². The average molecular weight is 650 g/mol. The van der Waals surface area contributed by atoms with Gasteiger partial charge in [-0.25, -0.2) is 9.79 Å². The van der Waals surface area contributed by atoms with Crippen molar-refractivity contribution < 1.29 is 23.7 Å². The predicted octanol–water partition coefficient (Wildman–Crippen LogP) is 5.16. The van der Waals surface area contributed by atoms with Crippen LogP contribution in [-0.4, -0.2) is 30.9 Å². The molecule has 2 heterocycles. The Morgan fingerprint density at radius 1 is 0.976 bits per heavy atom. The monoisotopic (exact) mass is 648 g/mol. The second-order valence-electron chi connectivity index (χ2n) is 9.21. The van der Waals surface area contributed by atoms with Crippen molar-refractivity contribution >= 4 is 39.3 Å². The third-order valence-electron chi connectivity index (χ3n) is 6.50. The van der Waals surface area contributed by atoms with E-state index in [0.717, 1.165) is 15.6 Å². The Morgan fingerprint density at radius 2 is 1.71 bits per heavy atom. The van der Waals surface area contributed by atoms with Gasteiger partial charge in [0, 0.05) is 6.20 Å². The van der Waals surface area contributed by atoms with E-state index < -0.39 is 12.0 Å². The number of carbonyl (C=O) groups is 1. The van der Waals surface area contributed by atoms with E-state index in [2.05, 4.69) is 20.9 Å². The fraction of sp³-hybridized carbons (Fsp3) is 0.219. The van der Waals surface area contributed by atoms with E-state index in [-0.39, 0.29) is 11.1 Å². The molecular weight excluding hydrogens is 620 g/mol. The van der Waals surface area contributed by atoms with Crippen LogP contribution >= 0.6 is 27.3 Å². The quantitative estimate of drug-likeness (QED) is 0.221. The summed E-state index contributed by atoms with van der Waals surface area (Å²) in [6, 6.07) is 20.2. The molecule has 0 aliphatic carbocycles. The van der Waals surface area contributed by atoms with Crippen LogP contribution < -0.4 is 29.1 Å². The highest BCUT2D eigenvalue weighted by molar-refractivity contribution is 9.10. The van der Waals surface area contributed by atoms with Gasteiger partial charge in [0.1, 0.15) is 12.4 Å². The molecule has 8 nitrogen and oxygen atoms in total. The maximum Gasteiger partial charge on any atom is 0.337 e. The molecule has 1 aromatic heterocycles. The Kier molecular flexibility index (Phi) is 9.24. The second kappa shape index (κ2) is 13.2. The Balaban J connectivity index is 1.53. The highest BCUT2D eigenvalue weighted by atomic mass is 79.9. The highest BCUT2D eigenvalue weighted by Gasteiger charge is 2.31. The molecule has 0 bridgehead atoms. The van der Waals surface area contributed by atoms with Crippen molar-refractivity contribution in [2.75, 3.05) is 20.3 Å². The summed E-state index contributed by atoms with van der Waals surface area (Å²) in [6.45, 7) is 5.11. The molecule has 0 spiro atoms. The zero-order valence-electron chi connectivity index (χ0n) is 23.3. The summed E-state index contributed by atoms with van der Waals surface area (Å²) in [5.41, 5.74) is 2.51. The van der Waals surface area contributed by atoms with Gasteiger partial charge in [-0.15, -0.1) is 0 Å². The van der Waals surface area contributed by atoms with Crippen LogP contribution in [0.2, 0.25) is 0 Å². The van der Waals surface area contributed by atoms with Crippen molar-refractivity contribution in [1.29, 1.82) is 0 Å². The van der Waals surface area contributed by atoms with Crippen molar-refractivity contribution in [3.05, 3.63) is 119 Å². The lowest BCUT2D eigenvalue weighted by molar-refractivity contribution is -0.136. The van der Waals surface area contributed by atoms with Gasteiger partial charge in [-0.3, -0.25) is 9.36 Å². The lowest BCUT2D eigenvalue weighted by Gasteiger charge is -2.23. The Labute approximate surface area is 255 Å². The van der Waals surface area contributed by atoms with E-state index in [9.17, 15) is 9.59 Å². The average Bonchev–Trinajstić information content (AvgIpc) is 3.32. The van der Waals surface area contributed by atoms with E-state index in [1.807, 2.05) is 68.4 Å². The molecule has 4 aromatic rings. The summed E-state index contributed by atoms with van der Waals surface area (Å²) in [6.07, 6.45) is 3.27. The first-order valence-electron chi connectivity index (χ1n) is 13.4. The van der Waals surface area contributed by atoms with E-state index in [0.29, 0.717) is 52.0 Å². The molecule has 0 saturated heterocycles. The molecule has 0 saturated carbocycles. The number of rotatable bonds is 10. The number of hydrogen-bond donors (Lipinski definition) is 0. The largest absolute Gasteiger partial charge is 0.490 e. The smallest absolute Gasteiger partial charge is 0.337 e. The molecule has 0 fully saturated rings. The number of thiazole rings is 1. The van der Waals surface area contributed by atoms with Crippen LogP contribution in [0.1, 0.15) is 36.6 Å². The maximum absolute atomic E-state index is 13.9. The van der Waals surface area contributed by atoms with Gasteiger partial charge in [0.25, 0.3) is 5.56 Å². The first kappa shape index (κ1) is 29.3. The normalized spacial score (nSPS) is 14.4. The van der Waals surface area contributed by atoms with Gasteiger partial charge < -0.3 is 18.9 Å². The summed E-state index contributed by atoms with van der Waals surface area (Å²) in [7, 11) is 1.31. The number of ether oxygens (including phenoxy) is 4. The molecule has 1 aliphatic rings. The number of esters is 1. The van der Waals surface area contributed by atoms with E-state index in [1.165, 1.54) is 29.2 Å². The van der Waals surface area contributed by atoms with Crippen LogP contribution in [0.3, 0.4) is 0 Å². The van der Waals surface area contributed by atoms with Crippen LogP contribution in [0, 0.1) is 0 Å². The lowest BCUT2D eigenvalue weighted by Crippen LogP contribution is -2.39. The summed E-state index contributed by atoms with van der Waals surface area (Å²) in [5.74, 6) is 1.24. The molecule has 10 heteroatoms. The number of nitrogens with zero attached hydrogens (tertiary/aromatic N) is 2. The topological polar surface area (TPSA) is 88.4 Å². The fourth-order valence-corrected chi connectivity index (χ4v) is 6.08. The summed E-state index contributed by atoms with van der Waals surface area (Å²) < 4.78 is 25.3. The number of halogens is 1.